The Kier molecular flexibility index (Phi) is 3.98. The zero-order valence-corrected chi connectivity index (χ0v) is 12.0. The fraction of sp³-hybridized carbons (Fsp3) is 0.467. The van der Waals surface area contributed by atoms with Gasteiger partial charge in [-0.15, -0.1) is 0 Å². The Morgan fingerprint density at radius 3 is 2.61 bits per heavy atom. The lowest BCUT2D eigenvalue weighted by Crippen LogP contribution is -1.97. The van der Waals surface area contributed by atoms with Gasteiger partial charge in [-0.1, -0.05) is 31.5 Å². The zero-order valence-electron chi connectivity index (χ0n) is 11.2. The van der Waals surface area contributed by atoms with Crippen LogP contribution in [0.1, 0.15) is 44.4 Å². The minimum absolute atomic E-state index is 0.537. The fourth-order valence-electron chi connectivity index (χ4n) is 2.46. The molecule has 1 aromatic carbocycles. The molecule has 0 bridgehead atoms. The van der Waals surface area contributed by atoms with E-state index in [1.54, 1.807) is 6.92 Å². The third-order valence-corrected chi connectivity index (χ3v) is 3.78. The lowest BCUT2D eigenvalue weighted by molar-refractivity contribution is 0.200. The Bertz CT molecular complexity index is 557. The van der Waals surface area contributed by atoms with E-state index in [1.165, 1.54) is 5.56 Å². The number of fused-ring (bicyclic) bond motifs is 1. The Balaban J connectivity index is 2.74. The number of hydrogen-bond donors (Lipinski definition) is 1. The van der Waals surface area contributed by atoms with Crippen molar-refractivity contribution < 1.29 is 5.11 Å². The van der Waals surface area contributed by atoms with E-state index in [-0.39, 0.29) is 0 Å². The molecule has 0 fully saturated rings. The van der Waals surface area contributed by atoms with Gasteiger partial charge in [0.15, 0.2) is 0 Å². The van der Waals surface area contributed by atoms with Crippen LogP contribution in [0.5, 0.6) is 0 Å². The molecule has 1 aromatic heterocycles. The summed E-state index contributed by atoms with van der Waals surface area (Å²) in [6, 6.07) is 6.40. The van der Waals surface area contributed by atoms with Gasteiger partial charge in [0.1, 0.15) is 5.15 Å². The van der Waals surface area contributed by atoms with Crippen molar-refractivity contribution in [3.05, 3.63) is 34.5 Å². The van der Waals surface area contributed by atoms with Crippen molar-refractivity contribution in [3.63, 3.8) is 0 Å². The average Bonchev–Trinajstić information content (AvgIpc) is 2.62. The topological polar surface area (TPSA) is 25.2 Å². The molecular weight excluding hydrogens is 246 g/mol. The van der Waals surface area contributed by atoms with Crippen molar-refractivity contribution >= 4 is 22.5 Å². The summed E-state index contributed by atoms with van der Waals surface area (Å²) in [7, 11) is 0. The van der Waals surface area contributed by atoms with E-state index in [1.807, 2.05) is 0 Å². The second kappa shape index (κ2) is 5.33. The van der Waals surface area contributed by atoms with E-state index in [9.17, 15) is 5.11 Å². The van der Waals surface area contributed by atoms with E-state index >= 15 is 0 Å². The van der Waals surface area contributed by atoms with Gasteiger partial charge < -0.3 is 9.67 Å². The van der Waals surface area contributed by atoms with Gasteiger partial charge in [-0.3, -0.25) is 0 Å². The molecule has 1 N–H and O–H groups in total. The second-order valence-electron chi connectivity index (χ2n) is 4.74. The monoisotopic (exact) mass is 265 g/mol. The van der Waals surface area contributed by atoms with Crippen molar-refractivity contribution in [2.24, 2.45) is 0 Å². The summed E-state index contributed by atoms with van der Waals surface area (Å²) in [4.78, 5) is 0. The van der Waals surface area contributed by atoms with Gasteiger partial charge in [0.25, 0.3) is 0 Å². The highest BCUT2D eigenvalue weighted by Crippen LogP contribution is 2.35. The van der Waals surface area contributed by atoms with Crippen molar-refractivity contribution in [1.29, 1.82) is 0 Å². The van der Waals surface area contributed by atoms with Crippen LogP contribution in [0.3, 0.4) is 0 Å². The number of aliphatic hydroxyl groups is 1. The summed E-state index contributed by atoms with van der Waals surface area (Å²) in [5, 5.41) is 11.7. The SMILES string of the molecule is CCCn1c(Cl)c(C(C)O)c2cc(CC)ccc21. The Morgan fingerprint density at radius 2 is 2.06 bits per heavy atom. The molecule has 98 valence electrons. The molecule has 2 aromatic rings. The van der Waals surface area contributed by atoms with Crippen molar-refractivity contribution in [1.82, 2.24) is 4.57 Å². The number of aromatic nitrogens is 1. The Morgan fingerprint density at radius 1 is 1.33 bits per heavy atom. The van der Waals surface area contributed by atoms with Crippen molar-refractivity contribution in [2.45, 2.75) is 46.3 Å². The summed E-state index contributed by atoms with van der Waals surface area (Å²) < 4.78 is 2.10. The van der Waals surface area contributed by atoms with Gasteiger partial charge in [-0.25, -0.2) is 0 Å². The first-order chi connectivity index (χ1) is 8.60. The smallest absolute Gasteiger partial charge is 0.115 e. The summed E-state index contributed by atoms with van der Waals surface area (Å²) in [5.74, 6) is 0. The van der Waals surface area contributed by atoms with Gasteiger partial charge in [0.05, 0.1) is 6.10 Å². The molecule has 0 spiro atoms. The molecule has 1 unspecified atom stereocenters. The first-order valence-electron chi connectivity index (χ1n) is 6.58. The first-order valence-corrected chi connectivity index (χ1v) is 6.96. The molecule has 0 saturated carbocycles. The summed E-state index contributed by atoms with van der Waals surface area (Å²) in [5.41, 5.74) is 3.25. The van der Waals surface area contributed by atoms with Crippen LogP contribution < -0.4 is 0 Å². The van der Waals surface area contributed by atoms with Crippen LogP contribution in [-0.4, -0.2) is 9.67 Å². The zero-order chi connectivity index (χ0) is 13.3. The molecule has 18 heavy (non-hydrogen) atoms. The second-order valence-corrected chi connectivity index (χ2v) is 5.10. The third kappa shape index (κ3) is 2.15. The van der Waals surface area contributed by atoms with Gasteiger partial charge in [-0.05, 0) is 37.5 Å². The third-order valence-electron chi connectivity index (χ3n) is 3.37. The molecule has 1 heterocycles. The van der Waals surface area contributed by atoms with Crippen LogP contribution in [0.2, 0.25) is 5.15 Å². The number of rotatable bonds is 4. The van der Waals surface area contributed by atoms with Crippen LogP contribution in [0.4, 0.5) is 0 Å². The average molecular weight is 266 g/mol. The van der Waals surface area contributed by atoms with E-state index in [2.05, 4.69) is 36.6 Å². The Hall–Kier alpha value is -0.990. The van der Waals surface area contributed by atoms with Crippen LogP contribution >= 0.6 is 11.6 Å². The van der Waals surface area contributed by atoms with Crippen molar-refractivity contribution in [3.8, 4) is 0 Å². The van der Waals surface area contributed by atoms with Gasteiger partial charge >= 0.3 is 0 Å². The van der Waals surface area contributed by atoms with Gasteiger partial charge in [-0.2, -0.15) is 0 Å². The number of benzene rings is 1. The number of hydrogen-bond acceptors (Lipinski definition) is 1. The molecule has 0 saturated heterocycles. The minimum atomic E-state index is -0.537. The summed E-state index contributed by atoms with van der Waals surface area (Å²) in [6.07, 6.45) is 1.48. The largest absolute Gasteiger partial charge is 0.389 e. The Labute approximate surface area is 113 Å². The minimum Gasteiger partial charge on any atom is -0.389 e. The van der Waals surface area contributed by atoms with Gasteiger partial charge in [0.2, 0.25) is 0 Å². The normalized spacial score (nSPS) is 13.2. The number of aryl methyl sites for hydroxylation is 2. The highest BCUT2D eigenvalue weighted by molar-refractivity contribution is 6.32. The van der Waals surface area contributed by atoms with Crippen LogP contribution in [0.15, 0.2) is 18.2 Å². The van der Waals surface area contributed by atoms with Crippen molar-refractivity contribution in [2.75, 3.05) is 0 Å². The van der Waals surface area contributed by atoms with E-state index in [0.717, 1.165) is 35.9 Å². The standard InChI is InChI=1S/C15H20ClNO/c1-4-8-17-13-7-6-11(5-2)9-12(13)14(10(3)18)15(17)16/h6-7,9-10,18H,4-5,8H2,1-3H3. The molecule has 0 aliphatic carbocycles. The predicted octanol–water partition coefficient (Wildman–Crippen LogP) is 4.32. The van der Waals surface area contributed by atoms with Gasteiger partial charge in [0, 0.05) is 23.0 Å². The highest BCUT2D eigenvalue weighted by Gasteiger charge is 2.18. The number of nitrogens with zero attached hydrogens (tertiary/aromatic N) is 1. The van der Waals surface area contributed by atoms with E-state index < -0.39 is 6.10 Å². The molecule has 2 nitrogen and oxygen atoms in total. The van der Waals surface area contributed by atoms with Crippen LogP contribution in [-0.2, 0) is 13.0 Å². The fourth-order valence-corrected chi connectivity index (χ4v) is 2.89. The maximum atomic E-state index is 9.95. The maximum Gasteiger partial charge on any atom is 0.115 e. The molecule has 0 radical (unpaired) electrons. The molecule has 0 amide bonds. The van der Waals surface area contributed by atoms with Crippen LogP contribution in [0, 0.1) is 0 Å². The molecule has 2 rings (SSSR count). The quantitative estimate of drug-likeness (QED) is 0.875. The summed E-state index contributed by atoms with van der Waals surface area (Å²) >= 11 is 6.42. The number of halogens is 1. The lowest BCUT2D eigenvalue weighted by Gasteiger charge is -2.05. The molecule has 3 heteroatoms. The molecule has 0 aliphatic rings. The molecule has 1 atom stereocenters. The lowest BCUT2D eigenvalue weighted by atomic mass is 10.1. The van der Waals surface area contributed by atoms with E-state index in [4.69, 9.17) is 11.6 Å². The number of aliphatic hydroxyl groups excluding tert-OH is 1. The summed E-state index contributed by atoms with van der Waals surface area (Å²) in [6.45, 7) is 6.92. The first kappa shape index (κ1) is 13.4. The maximum absolute atomic E-state index is 9.95. The predicted molar refractivity (Wildman–Crippen MR) is 77.3 cm³/mol. The highest BCUT2D eigenvalue weighted by atomic mass is 35.5. The molecule has 0 aliphatic heterocycles. The van der Waals surface area contributed by atoms with Crippen LogP contribution in [0.25, 0.3) is 10.9 Å². The van der Waals surface area contributed by atoms with E-state index in [0.29, 0.717) is 5.15 Å². The molecular formula is C15H20ClNO.